The van der Waals surface area contributed by atoms with Crippen molar-refractivity contribution in [2.45, 2.75) is 38.2 Å². The predicted octanol–water partition coefficient (Wildman–Crippen LogP) is 2.35. The lowest BCUT2D eigenvalue weighted by atomic mass is 9.93. The fourth-order valence-electron chi connectivity index (χ4n) is 2.62. The molecule has 0 spiro atoms. The lowest BCUT2D eigenvalue weighted by molar-refractivity contribution is -0.142. The van der Waals surface area contributed by atoms with Gasteiger partial charge in [0.25, 0.3) is 0 Å². The Kier molecular flexibility index (Phi) is 4.95. The summed E-state index contributed by atoms with van der Waals surface area (Å²) < 4.78 is 18.8. The van der Waals surface area contributed by atoms with Gasteiger partial charge in [-0.2, -0.15) is 0 Å². The molecule has 0 saturated carbocycles. The first-order valence-corrected chi connectivity index (χ1v) is 6.98. The Labute approximate surface area is 117 Å². The maximum atomic E-state index is 13.1. The van der Waals surface area contributed by atoms with E-state index in [1.54, 1.807) is 6.07 Å². The molecule has 2 atom stereocenters. The van der Waals surface area contributed by atoms with E-state index in [1.807, 2.05) is 0 Å². The lowest BCUT2D eigenvalue weighted by Crippen LogP contribution is -2.24. The van der Waals surface area contributed by atoms with Gasteiger partial charge < -0.3 is 15.6 Å². The van der Waals surface area contributed by atoms with Gasteiger partial charge in [0, 0.05) is 12.0 Å². The minimum absolute atomic E-state index is 0.175. The van der Waals surface area contributed by atoms with Gasteiger partial charge in [-0.25, -0.2) is 4.39 Å². The normalized spacial score (nSPS) is 18.4. The number of hydrogen-bond donors (Lipinski definition) is 2. The first-order valence-electron chi connectivity index (χ1n) is 6.98. The van der Waals surface area contributed by atoms with Crippen LogP contribution in [0.5, 0.6) is 5.75 Å². The number of carboxylic acid groups (broad SMARTS) is 1. The Bertz CT molecular complexity index is 478. The van der Waals surface area contributed by atoms with Crippen LogP contribution in [-0.2, 0) is 11.2 Å². The van der Waals surface area contributed by atoms with Gasteiger partial charge in [-0.15, -0.1) is 0 Å². The van der Waals surface area contributed by atoms with E-state index in [0.717, 1.165) is 18.4 Å². The van der Waals surface area contributed by atoms with Crippen LogP contribution in [0.3, 0.4) is 0 Å². The van der Waals surface area contributed by atoms with Crippen LogP contribution in [0.2, 0.25) is 0 Å². The fourth-order valence-corrected chi connectivity index (χ4v) is 2.62. The van der Waals surface area contributed by atoms with Crippen molar-refractivity contribution in [1.82, 2.24) is 0 Å². The molecule has 1 aromatic carbocycles. The van der Waals surface area contributed by atoms with Crippen molar-refractivity contribution in [2.75, 3.05) is 6.54 Å². The standard InChI is InChI=1S/C15H20FNO3/c16-12-4-5-14-11(7-12)9-13(20-14)8-10(15(18)19)3-1-2-6-17/h4-5,7,10,13H,1-3,6,8-9,17H2,(H,18,19). The summed E-state index contributed by atoms with van der Waals surface area (Å²) in [5.74, 6) is -0.841. The summed E-state index contributed by atoms with van der Waals surface area (Å²) in [6.07, 6.45) is 3.11. The van der Waals surface area contributed by atoms with Gasteiger partial charge in [0.05, 0.1) is 5.92 Å². The number of ether oxygens (including phenoxy) is 1. The molecule has 20 heavy (non-hydrogen) atoms. The first kappa shape index (κ1) is 14.8. The van der Waals surface area contributed by atoms with Crippen LogP contribution >= 0.6 is 0 Å². The lowest BCUT2D eigenvalue weighted by Gasteiger charge is -2.16. The average molecular weight is 281 g/mol. The third-order valence-electron chi connectivity index (χ3n) is 3.67. The summed E-state index contributed by atoms with van der Waals surface area (Å²) in [7, 11) is 0. The molecule has 110 valence electrons. The number of benzene rings is 1. The predicted molar refractivity (Wildman–Crippen MR) is 73.2 cm³/mol. The first-order chi connectivity index (χ1) is 9.60. The van der Waals surface area contributed by atoms with Crippen LogP contribution in [0.15, 0.2) is 18.2 Å². The molecule has 0 radical (unpaired) electrons. The van der Waals surface area contributed by atoms with Crippen molar-refractivity contribution in [3.63, 3.8) is 0 Å². The van der Waals surface area contributed by atoms with E-state index in [2.05, 4.69) is 0 Å². The third kappa shape index (κ3) is 3.70. The number of fused-ring (bicyclic) bond motifs is 1. The molecule has 1 heterocycles. The summed E-state index contributed by atoms with van der Waals surface area (Å²) in [4.78, 5) is 11.3. The number of nitrogens with two attached hydrogens (primary N) is 1. The minimum atomic E-state index is -0.798. The van der Waals surface area contributed by atoms with Gasteiger partial charge in [0.1, 0.15) is 17.7 Å². The third-order valence-corrected chi connectivity index (χ3v) is 3.67. The van der Waals surface area contributed by atoms with Crippen molar-refractivity contribution in [3.8, 4) is 5.75 Å². The average Bonchev–Trinajstić information content (AvgIpc) is 2.79. The van der Waals surface area contributed by atoms with Gasteiger partial charge in [0.2, 0.25) is 0 Å². The number of rotatable bonds is 7. The van der Waals surface area contributed by atoms with Crippen LogP contribution in [0, 0.1) is 11.7 Å². The molecule has 2 unspecified atom stereocenters. The smallest absolute Gasteiger partial charge is 0.306 e. The van der Waals surface area contributed by atoms with E-state index in [4.69, 9.17) is 10.5 Å². The molecule has 2 rings (SSSR count). The maximum Gasteiger partial charge on any atom is 0.306 e. The molecule has 1 aromatic rings. The molecular weight excluding hydrogens is 261 g/mol. The SMILES string of the molecule is NCCCCC(CC1Cc2cc(F)ccc2O1)C(=O)O. The van der Waals surface area contributed by atoms with Crippen molar-refractivity contribution in [1.29, 1.82) is 0 Å². The molecule has 0 bridgehead atoms. The van der Waals surface area contributed by atoms with Crippen LogP contribution in [-0.4, -0.2) is 23.7 Å². The Morgan fingerprint density at radius 1 is 1.50 bits per heavy atom. The van der Waals surface area contributed by atoms with Crippen LogP contribution in [0.25, 0.3) is 0 Å². The Morgan fingerprint density at radius 3 is 3.00 bits per heavy atom. The second-order valence-electron chi connectivity index (χ2n) is 5.25. The van der Waals surface area contributed by atoms with Crippen molar-refractivity contribution >= 4 is 5.97 Å². The van der Waals surface area contributed by atoms with Crippen molar-refractivity contribution < 1.29 is 19.0 Å². The summed E-state index contributed by atoms with van der Waals surface area (Å²) in [5.41, 5.74) is 6.24. The molecule has 0 aliphatic carbocycles. The minimum Gasteiger partial charge on any atom is -0.490 e. The van der Waals surface area contributed by atoms with Crippen molar-refractivity contribution in [2.24, 2.45) is 11.7 Å². The monoisotopic (exact) mass is 281 g/mol. The van der Waals surface area contributed by atoms with E-state index < -0.39 is 11.9 Å². The zero-order valence-corrected chi connectivity index (χ0v) is 11.3. The largest absolute Gasteiger partial charge is 0.490 e. The summed E-state index contributed by atoms with van der Waals surface area (Å²) in [5, 5.41) is 9.25. The van der Waals surface area contributed by atoms with Gasteiger partial charge in [0.15, 0.2) is 0 Å². The van der Waals surface area contributed by atoms with Crippen LogP contribution in [0.4, 0.5) is 4.39 Å². The summed E-state index contributed by atoms with van der Waals surface area (Å²) in [6, 6.07) is 4.42. The summed E-state index contributed by atoms with van der Waals surface area (Å²) >= 11 is 0. The zero-order chi connectivity index (χ0) is 14.5. The maximum absolute atomic E-state index is 13.1. The number of aliphatic carboxylic acids is 1. The number of unbranched alkanes of at least 4 members (excludes halogenated alkanes) is 1. The molecule has 3 N–H and O–H groups in total. The quantitative estimate of drug-likeness (QED) is 0.752. The highest BCUT2D eigenvalue weighted by Crippen LogP contribution is 2.32. The molecule has 0 saturated heterocycles. The number of halogens is 1. The van der Waals surface area contributed by atoms with Gasteiger partial charge in [-0.3, -0.25) is 4.79 Å². The van der Waals surface area contributed by atoms with Crippen LogP contribution < -0.4 is 10.5 Å². The highest BCUT2D eigenvalue weighted by molar-refractivity contribution is 5.70. The van der Waals surface area contributed by atoms with E-state index >= 15 is 0 Å². The number of carboxylic acids is 1. The molecule has 5 heteroatoms. The highest BCUT2D eigenvalue weighted by Gasteiger charge is 2.28. The molecule has 1 aliphatic rings. The Balaban J connectivity index is 1.91. The van der Waals surface area contributed by atoms with E-state index in [1.165, 1.54) is 12.1 Å². The number of hydrogen-bond acceptors (Lipinski definition) is 3. The van der Waals surface area contributed by atoms with Gasteiger partial charge >= 0.3 is 5.97 Å². The van der Waals surface area contributed by atoms with Gasteiger partial charge in [-0.05, 0) is 44.0 Å². The zero-order valence-electron chi connectivity index (χ0n) is 11.3. The molecule has 1 aliphatic heterocycles. The van der Waals surface area contributed by atoms with Gasteiger partial charge in [-0.1, -0.05) is 6.42 Å². The topological polar surface area (TPSA) is 72.5 Å². The summed E-state index contributed by atoms with van der Waals surface area (Å²) in [6.45, 7) is 0.580. The van der Waals surface area contributed by atoms with E-state index in [-0.39, 0.29) is 11.9 Å². The molecule has 4 nitrogen and oxygen atoms in total. The van der Waals surface area contributed by atoms with Crippen molar-refractivity contribution in [3.05, 3.63) is 29.6 Å². The Morgan fingerprint density at radius 2 is 2.30 bits per heavy atom. The second-order valence-corrected chi connectivity index (χ2v) is 5.25. The second kappa shape index (κ2) is 6.70. The number of carbonyl (C=O) groups is 1. The van der Waals surface area contributed by atoms with E-state index in [0.29, 0.717) is 31.6 Å². The van der Waals surface area contributed by atoms with Crippen LogP contribution in [0.1, 0.15) is 31.2 Å². The van der Waals surface area contributed by atoms with E-state index in [9.17, 15) is 14.3 Å². The highest BCUT2D eigenvalue weighted by atomic mass is 19.1. The Hall–Kier alpha value is -1.62. The molecular formula is C15H20FNO3. The molecule has 0 aromatic heterocycles. The molecule has 0 fully saturated rings. The molecule has 0 amide bonds. The fraction of sp³-hybridized carbons (Fsp3) is 0.533.